The van der Waals surface area contributed by atoms with Crippen LogP contribution in [0.1, 0.15) is 143 Å². The van der Waals surface area contributed by atoms with E-state index in [0.717, 1.165) is 19.3 Å². The molecule has 0 spiro atoms. The van der Waals surface area contributed by atoms with Crippen molar-refractivity contribution in [3.63, 3.8) is 0 Å². The van der Waals surface area contributed by atoms with Crippen LogP contribution < -0.4 is 0 Å². The van der Waals surface area contributed by atoms with Crippen molar-refractivity contribution >= 4 is 11.9 Å². The molecule has 6 heteroatoms. The number of carboxylic acids is 1. The Morgan fingerprint density at radius 2 is 1.06 bits per heavy atom. The molecule has 0 heterocycles. The van der Waals surface area contributed by atoms with E-state index in [1.807, 2.05) is 20.8 Å². The minimum Gasteiger partial charge on any atom is -0.477 e. The third-order valence-corrected chi connectivity index (χ3v) is 5.32. The highest BCUT2D eigenvalue weighted by atomic mass is 16.5. The molecule has 0 aromatic carbocycles. The quantitative estimate of drug-likeness (QED) is 0.105. The molecule has 0 atom stereocenters. The summed E-state index contributed by atoms with van der Waals surface area (Å²) >= 11 is 0. The predicted octanol–water partition coefficient (Wildman–Crippen LogP) is 6.75. The zero-order chi connectivity index (χ0) is 24.7. The number of unbranched alkanes of at least 4 members (excludes halogenated alkanes) is 14. The fourth-order valence-corrected chi connectivity index (χ4v) is 3.34. The van der Waals surface area contributed by atoms with Crippen molar-refractivity contribution in [1.29, 1.82) is 0 Å². The van der Waals surface area contributed by atoms with Gasteiger partial charge in [0.1, 0.15) is 0 Å². The number of aliphatic carboxylic acids is 1. The van der Waals surface area contributed by atoms with Gasteiger partial charge in [-0.15, -0.1) is 0 Å². The fourth-order valence-electron chi connectivity index (χ4n) is 3.34. The van der Waals surface area contributed by atoms with Gasteiger partial charge in [0, 0.05) is 12.8 Å². The summed E-state index contributed by atoms with van der Waals surface area (Å²) in [5.74, 6) is -4.14. The highest BCUT2D eigenvalue weighted by molar-refractivity contribution is 5.74. The van der Waals surface area contributed by atoms with Crippen molar-refractivity contribution in [1.82, 2.24) is 0 Å². The molecule has 3 N–H and O–H groups in total. The van der Waals surface area contributed by atoms with Gasteiger partial charge in [-0.2, -0.15) is 0 Å². The van der Waals surface area contributed by atoms with Gasteiger partial charge in [-0.25, -0.2) is 4.79 Å². The minimum atomic E-state index is -2.53. The number of carbonyl (C=O) groups excluding carboxylic acids is 1. The number of carboxylic acid groups (broad SMARTS) is 1. The Balaban J connectivity index is 0. The molecule has 0 radical (unpaired) electrons. The Labute approximate surface area is 197 Å². The zero-order valence-electron chi connectivity index (χ0n) is 21.4. The first-order chi connectivity index (χ1) is 15.2. The fraction of sp³-hybridized carbons (Fsp3) is 0.923. The molecule has 0 saturated heterocycles. The number of hydrogen-bond donors (Lipinski definition) is 3. The average Bonchev–Trinajstić information content (AvgIpc) is 2.71. The lowest BCUT2D eigenvalue weighted by Gasteiger charge is -2.15. The summed E-state index contributed by atoms with van der Waals surface area (Å²) in [6, 6.07) is 0. The van der Waals surface area contributed by atoms with Gasteiger partial charge in [0.2, 0.25) is 0 Å². The van der Waals surface area contributed by atoms with E-state index in [4.69, 9.17) is 20.1 Å². The van der Waals surface area contributed by atoms with E-state index in [0.29, 0.717) is 12.8 Å². The SMILES string of the molecule is CCCCCC(O)(O)C(=O)O.CCCCCCCCCCCCCCCC(=O)OC(C)C. The summed E-state index contributed by atoms with van der Waals surface area (Å²) in [4.78, 5) is 21.4. The molecule has 0 aromatic heterocycles. The Bertz CT molecular complexity index is 434. The minimum absolute atomic E-state index is 0.0273. The lowest BCUT2D eigenvalue weighted by atomic mass is 10.0. The lowest BCUT2D eigenvalue weighted by Crippen LogP contribution is -2.37. The normalized spacial score (nSPS) is 11.2. The first-order valence-electron chi connectivity index (χ1n) is 13.0. The molecule has 6 nitrogen and oxygen atoms in total. The van der Waals surface area contributed by atoms with E-state index >= 15 is 0 Å². The summed E-state index contributed by atoms with van der Waals surface area (Å²) in [6.45, 7) is 8.04. The monoisotopic (exact) mass is 460 g/mol. The molecule has 32 heavy (non-hydrogen) atoms. The first kappa shape index (κ1) is 33.0. The maximum atomic E-state index is 11.3. The maximum Gasteiger partial charge on any atom is 0.364 e. The van der Waals surface area contributed by atoms with Gasteiger partial charge in [-0.1, -0.05) is 104 Å². The molecule has 0 bridgehead atoms. The van der Waals surface area contributed by atoms with Gasteiger partial charge in [-0.3, -0.25) is 4.79 Å². The van der Waals surface area contributed by atoms with E-state index in [9.17, 15) is 9.59 Å². The molecule has 0 fully saturated rings. The van der Waals surface area contributed by atoms with E-state index in [1.165, 1.54) is 77.0 Å². The molecule has 0 amide bonds. The van der Waals surface area contributed by atoms with Crippen molar-refractivity contribution in [2.45, 2.75) is 155 Å². The summed E-state index contributed by atoms with van der Waals surface area (Å²) in [6.07, 6.45) is 20.2. The second kappa shape index (κ2) is 23.0. The maximum absolute atomic E-state index is 11.3. The number of rotatable bonds is 20. The van der Waals surface area contributed by atoms with Crippen LogP contribution in [-0.4, -0.2) is 39.1 Å². The molecular weight excluding hydrogens is 408 g/mol. The molecule has 0 aliphatic heterocycles. The third kappa shape index (κ3) is 25.1. The van der Waals surface area contributed by atoms with Crippen LogP contribution >= 0.6 is 0 Å². The van der Waals surface area contributed by atoms with Crippen LogP contribution in [0, 0.1) is 0 Å². The Morgan fingerprint density at radius 1 is 0.688 bits per heavy atom. The van der Waals surface area contributed by atoms with E-state index < -0.39 is 11.8 Å². The molecule has 0 rings (SSSR count). The topological polar surface area (TPSA) is 104 Å². The summed E-state index contributed by atoms with van der Waals surface area (Å²) in [5.41, 5.74) is 0. The number of hydrogen-bond acceptors (Lipinski definition) is 5. The van der Waals surface area contributed by atoms with Gasteiger partial charge >= 0.3 is 11.9 Å². The highest BCUT2D eigenvalue weighted by Gasteiger charge is 2.31. The van der Waals surface area contributed by atoms with E-state index in [2.05, 4.69) is 6.92 Å². The van der Waals surface area contributed by atoms with E-state index in [-0.39, 0.29) is 18.5 Å². The number of carbonyl (C=O) groups is 2. The number of esters is 1. The van der Waals surface area contributed by atoms with Gasteiger partial charge in [0.25, 0.3) is 5.79 Å². The molecule has 0 aliphatic carbocycles. The molecule has 0 saturated carbocycles. The van der Waals surface area contributed by atoms with Crippen LogP contribution in [0.15, 0.2) is 0 Å². The Morgan fingerprint density at radius 3 is 1.44 bits per heavy atom. The molecular formula is C26H52O6. The smallest absolute Gasteiger partial charge is 0.364 e. The number of aliphatic hydroxyl groups is 2. The second-order valence-corrected chi connectivity index (χ2v) is 9.11. The highest BCUT2D eigenvalue weighted by Crippen LogP contribution is 2.13. The van der Waals surface area contributed by atoms with Crippen molar-refractivity contribution in [3.05, 3.63) is 0 Å². The molecule has 0 aromatic rings. The van der Waals surface area contributed by atoms with Crippen molar-refractivity contribution in [2.24, 2.45) is 0 Å². The van der Waals surface area contributed by atoms with Gasteiger partial charge in [0.15, 0.2) is 0 Å². The van der Waals surface area contributed by atoms with Crippen LogP contribution in [0.3, 0.4) is 0 Å². The summed E-state index contributed by atoms with van der Waals surface area (Å²) in [5, 5.41) is 25.8. The third-order valence-electron chi connectivity index (χ3n) is 5.32. The van der Waals surface area contributed by atoms with Crippen molar-refractivity contribution in [2.75, 3.05) is 0 Å². The van der Waals surface area contributed by atoms with E-state index in [1.54, 1.807) is 0 Å². The van der Waals surface area contributed by atoms with Crippen molar-refractivity contribution in [3.8, 4) is 0 Å². The zero-order valence-corrected chi connectivity index (χ0v) is 21.4. The van der Waals surface area contributed by atoms with Crippen LogP contribution in [0.5, 0.6) is 0 Å². The predicted molar refractivity (Wildman–Crippen MR) is 130 cm³/mol. The molecule has 0 unspecified atom stereocenters. The summed E-state index contributed by atoms with van der Waals surface area (Å²) < 4.78 is 5.12. The van der Waals surface area contributed by atoms with Gasteiger partial charge in [0.05, 0.1) is 6.10 Å². The van der Waals surface area contributed by atoms with Gasteiger partial charge < -0.3 is 20.1 Å². The van der Waals surface area contributed by atoms with Crippen molar-refractivity contribution < 1.29 is 29.6 Å². The largest absolute Gasteiger partial charge is 0.477 e. The van der Waals surface area contributed by atoms with Crippen LogP contribution in [-0.2, 0) is 14.3 Å². The Kier molecular flexibility index (Phi) is 23.8. The van der Waals surface area contributed by atoms with Crippen LogP contribution in [0.2, 0.25) is 0 Å². The number of ether oxygens (including phenoxy) is 1. The standard InChI is InChI=1S/C19H38O2.C7H14O4/c1-4-5-6-7-8-9-10-11-12-13-14-15-16-17-19(20)21-18(2)3;1-2-3-4-5-7(10,11)6(8)9/h18H,4-17H2,1-3H3;10-11H,2-5H2,1H3,(H,8,9). The van der Waals surface area contributed by atoms with Crippen LogP contribution in [0.4, 0.5) is 0 Å². The molecule has 192 valence electrons. The molecule has 0 aliphatic rings. The first-order valence-corrected chi connectivity index (χ1v) is 13.0. The summed E-state index contributed by atoms with van der Waals surface area (Å²) in [7, 11) is 0. The second-order valence-electron chi connectivity index (χ2n) is 9.11. The lowest BCUT2D eigenvalue weighted by molar-refractivity contribution is -0.205. The Hall–Kier alpha value is -1.14. The van der Waals surface area contributed by atoms with Gasteiger partial charge in [-0.05, 0) is 26.7 Å². The van der Waals surface area contributed by atoms with Crippen LogP contribution in [0.25, 0.3) is 0 Å². The average molecular weight is 461 g/mol.